The van der Waals surface area contributed by atoms with Crippen molar-refractivity contribution in [3.63, 3.8) is 0 Å². The molecule has 136 valence electrons. The first kappa shape index (κ1) is 17.5. The van der Waals surface area contributed by atoms with E-state index in [9.17, 15) is 14.4 Å². The van der Waals surface area contributed by atoms with E-state index < -0.39 is 17.5 Å². The van der Waals surface area contributed by atoms with Crippen LogP contribution in [0.2, 0.25) is 0 Å². The van der Waals surface area contributed by atoms with Crippen molar-refractivity contribution in [2.75, 3.05) is 6.54 Å². The maximum absolute atomic E-state index is 12.7. The van der Waals surface area contributed by atoms with Gasteiger partial charge in [-0.15, -0.1) is 0 Å². The highest BCUT2D eigenvalue weighted by Crippen LogP contribution is 2.28. The molecule has 1 aromatic rings. The van der Waals surface area contributed by atoms with Crippen molar-refractivity contribution in [3.8, 4) is 0 Å². The van der Waals surface area contributed by atoms with Gasteiger partial charge in [-0.25, -0.2) is 4.79 Å². The summed E-state index contributed by atoms with van der Waals surface area (Å²) in [5.74, 6) is -0.410. The van der Waals surface area contributed by atoms with Gasteiger partial charge in [-0.1, -0.05) is 32.1 Å². The Balaban J connectivity index is 1.61. The van der Waals surface area contributed by atoms with Gasteiger partial charge in [0.05, 0.1) is 6.26 Å². The summed E-state index contributed by atoms with van der Waals surface area (Å²) >= 11 is 0. The number of imide groups is 1. The zero-order valence-corrected chi connectivity index (χ0v) is 14.5. The molecular formula is C18H25N3O4. The number of hydrogen-bond acceptors (Lipinski definition) is 4. The first-order chi connectivity index (χ1) is 12.0. The largest absolute Gasteiger partial charge is 0.466 e. The lowest BCUT2D eigenvalue weighted by atomic mass is 9.96. The number of furan rings is 1. The van der Waals surface area contributed by atoms with E-state index >= 15 is 0 Å². The molecule has 1 aliphatic heterocycles. The monoisotopic (exact) mass is 347 g/mol. The number of carbonyl (C=O) groups is 3. The quantitative estimate of drug-likeness (QED) is 0.818. The molecule has 1 aromatic heterocycles. The molecule has 7 heteroatoms. The zero-order valence-electron chi connectivity index (χ0n) is 14.5. The molecule has 2 fully saturated rings. The van der Waals surface area contributed by atoms with Gasteiger partial charge in [0.1, 0.15) is 12.3 Å². The van der Waals surface area contributed by atoms with Crippen LogP contribution >= 0.6 is 0 Å². The summed E-state index contributed by atoms with van der Waals surface area (Å²) in [5, 5.41) is 5.60. The van der Waals surface area contributed by atoms with Gasteiger partial charge < -0.3 is 15.1 Å². The molecule has 0 spiro atoms. The van der Waals surface area contributed by atoms with Crippen molar-refractivity contribution in [1.82, 2.24) is 15.5 Å². The topological polar surface area (TPSA) is 91.7 Å². The number of urea groups is 1. The van der Waals surface area contributed by atoms with Gasteiger partial charge in [-0.3, -0.25) is 14.5 Å². The van der Waals surface area contributed by atoms with Gasteiger partial charge in [0, 0.05) is 6.04 Å². The molecule has 0 bridgehead atoms. The number of amides is 4. The van der Waals surface area contributed by atoms with Crippen molar-refractivity contribution in [1.29, 1.82) is 0 Å². The molecule has 1 atom stereocenters. The van der Waals surface area contributed by atoms with Gasteiger partial charge in [0.15, 0.2) is 5.54 Å². The molecule has 1 aliphatic carbocycles. The van der Waals surface area contributed by atoms with E-state index in [2.05, 4.69) is 10.6 Å². The van der Waals surface area contributed by atoms with Gasteiger partial charge in [0.2, 0.25) is 5.91 Å². The van der Waals surface area contributed by atoms with Crippen LogP contribution in [0, 0.1) is 0 Å². The number of carbonyl (C=O) groups excluding carboxylic acids is 3. The molecule has 0 radical (unpaired) electrons. The normalized spacial score (nSPS) is 25.4. The fraction of sp³-hybridized carbons (Fsp3) is 0.611. The highest BCUT2D eigenvalue weighted by atomic mass is 16.3. The smallest absolute Gasteiger partial charge is 0.325 e. The summed E-state index contributed by atoms with van der Waals surface area (Å²) in [5.41, 5.74) is -1.26. The van der Waals surface area contributed by atoms with Gasteiger partial charge in [-0.2, -0.15) is 0 Å². The molecular weight excluding hydrogens is 322 g/mol. The number of rotatable bonds is 4. The van der Waals surface area contributed by atoms with E-state index in [1.54, 1.807) is 19.1 Å². The third-order valence-electron chi connectivity index (χ3n) is 5.06. The standard InChI is InChI=1S/C18H25N3O4/c1-18(14-10-7-11-25-14)16(23)21(17(24)20-18)12-15(22)19-13-8-5-3-2-4-6-9-13/h7,10-11,13H,2-6,8-9,12H2,1H3,(H,19,22)(H,20,24). The van der Waals surface area contributed by atoms with Crippen LogP contribution in [0.1, 0.15) is 57.6 Å². The molecule has 3 rings (SSSR count). The first-order valence-electron chi connectivity index (χ1n) is 8.98. The van der Waals surface area contributed by atoms with Gasteiger partial charge >= 0.3 is 6.03 Å². The second-order valence-corrected chi connectivity index (χ2v) is 7.03. The minimum atomic E-state index is -1.26. The van der Waals surface area contributed by atoms with Crippen LogP contribution in [0.5, 0.6) is 0 Å². The van der Waals surface area contributed by atoms with Crippen LogP contribution in [0.3, 0.4) is 0 Å². The van der Waals surface area contributed by atoms with Gasteiger partial charge in [-0.05, 0) is 31.9 Å². The van der Waals surface area contributed by atoms with Crippen molar-refractivity contribution in [2.24, 2.45) is 0 Å². The second kappa shape index (κ2) is 7.29. The Morgan fingerprint density at radius 1 is 1.28 bits per heavy atom. The molecule has 1 unspecified atom stereocenters. The van der Waals surface area contributed by atoms with Crippen molar-refractivity contribution in [2.45, 2.75) is 63.5 Å². The number of hydrogen-bond donors (Lipinski definition) is 2. The summed E-state index contributed by atoms with van der Waals surface area (Å²) in [7, 11) is 0. The van der Waals surface area contributed by atoms with Crippen LogP contribution in [0.15, 0.2) is 22.8 Å². The maximum atomic E-state index is 12.7. The molecule has 1 saturated carbocycles. The third kappa shape index (κ3) is 3.70. The lowest BCUT2D eigenvalue weighted by Gasteiger charge is -2.22. The fourth-order valence-electron chi connectivity index (χ4n) is 3.59. The fourth-order valence-corrected chi connectivity index (χ4v) is 3.59. The summed E-state index contributed by atoms with van der Waals surface area (Å²) in [6.07, 6.45) is 9.21. The van der Waals surface area contributed by atoms with E-state index in [0.29, 0.717) is 5.76 Å². The summed E-state index contributed by atoms with van der Waals surface area (Å²) in [6, 6.07) is 2.85. The van der Waals surface area contributed by atoms with E-state index in [0.717, 1.165) is 30.6 Å². The van der Waals surface area contributed by atoms with Crippen LogP contribution in [0.4, 0.5) is 4.79 Å². The average Bonchev–Trinajstić information content (AvgIpc) is 3.15. The highest BCUT2D eigenvalue weighted by molar-refractivity contribution is 6.08. The van der Waals surface area contributed by atoms with Crippen LogP contribution < -0.4 is 10.6 Å². The van der Waals surface area contributed by atoms with Crippen LogP contribution in [0.25, 0.3) is 0 Å². The average molecular weight is 347 g/mol. The van der Waals surface area contributed by atoms with E-state index in [1.807, 2.05) is 0 Å². The van der Waals surface area contributed by atoms with E-state index in [-0.39, 0.29) is 18.5 Å². The Hall–Kier alpha value is -2.31. The number of nitrogens with one attached hydrogen (secondary N) is 2. The van der Waals surface area contributed by atoms with Crippen molar-refractivity contribution < 1.29 is 18.8 Å². The van der Waals surface area contributed by atoms with Crippen molar-refractivity contribution in [3.05, 3.63) is 24.2 Å². The Morgan fingerprint density at radius 2 is 1.96 bits per heavy atom. The molecule has 1 saturated heterocycles. The molecule has 25 heavy (non-hydrogen) atoms. The molecule has 7 nitrogen and oxygen atoms in total. The molecule has 2 N–H and O–H groups in total. The predicted molar refractivity (Wildman–Crippen MR) is 90.6 cm³/mol. The Bertz CT molecular complexity index is 635. The molecule has 2 aliphatic rings. The van der Waals surface area contributed by atoms with E-state index in [4.69, 9.17) is 4.42 Å². The lowest BCUT2D eigenvalue weighted by molar-refractivity contribution is -0.135. The number of nitrogens with zero attached hydrogens (tertiary/aromatic N) is 1. The SMILES string of the molecule is CC1(c2ccco2)NC(=O)N(CC(=O)NC2CCCCCCC2)C1=O. The second-order valence-electron chi connectivity index (χ2n) is 7.03. The first-order valence-corrected chi connectivity index (χ1v) is 8.98. The third-order valence-corrected chi connectivity index (χ3v) is 5.06. The zero-order chi connectivity index (χ0) is 17.9. The summed E-state index contributed by atoms with van der Waals surface area (Å²) in [4.78, 5) is 38.2. The van der Waals surface area contributed by atoms with Crippen molar-refractivity contribution >= 4 is 17.8 Å². The Morgan fingerprint density at radius 3 is 2.60 bits per heavy atom. The summed E-state index contributed by atoms with van der Waals surface area (Å²) in [6.45, 7) is 1.32. The molecule has 0 aromatic carbocycles. The maximum Gasteiger partial charge on any atom is 0.325 e. The predicted octanol–water partition coefficient (Wildman–Crippen LogP) is 2.28. The Labute approximate surface area is 147 Å². The van der Waals surface area contributed by atoms with Gasteiger partial charge in [0.25, 0.3) is 5.91 Å². The lowest BCUT2D eigenvalue weighted by Crippen LogP contribution is -2.45. The minimum Gasteiger partial charge on any atom is -0.466 e. The molecule has 4 amide bonds. The van der Waals surface area contributed by atoms with E-state index in [1.165, 1.54) is 25.5 Å². The van der Waals surface area contributed by atoms with Crippen LogP contribution in [-0.2, 0) is 15.1 Å². The summed E-state index contributed by atoms with van der Waals surface area (Å²) < 4.78 is 5.28. The van der Waals surface area contributed by atoms with Crippen LogP contribution in [-0.4, -0.2) is 35.3 Å². The Kier molecular flexibility index (Phi) is 5.11. The molecule has 2 heterocycles. The minimum absolute atomic E-state index is 0.130. The highest BCUT2D eigenvalue weighted by Gasteiger charge is 2.51.